The van der Waals surface area contributed by atoms with Crippen LogP contribution in [0.5, 0.6) is 0 Å². The van der Waals surface area contributed by atoms with E-state index in [1.807, 2.05) is 17.0 Å². The molecule has 0 radical (unpaired) electrons. The highest BCUT2D eigenvalue weighted by atomic mass is 35.5. The molecular formula is C32H35Cl2F4N5O2. The highest BCUT2D eigenvalue weighted by Crippen LogP contribution is 2.69. The predicted molar refractivity (Wildman–Crippen MR) is 168 cm³/mol. The summed E-state index contributed by atoms with van der Waals surface area (Å²) < 4.78 is 56.5. The Morgan fingerprint density at radius 3 is 2.31 bits per heavy atom. The third-order valence-corrected chi connectivity index (χ3v) is 10.1. The van der Waals surface area contributed by atoms with E-state index >= 15 is 0 Å². The van der Waals surface area contributed by atoms with Gasteiger partial charge in [-0.15, -0.1) is 12.4 Å². The van der Waals surface area contributed by atoms with Gasteiger partial charge in [-0.25, -0.2) is 9.18 Å². The van der Waals surface area contributed by atoms with Gasteiger partial charge in [0, 0.05) is 67.8 Å². The molecule has 0 amide bonds. The van der Waals surface area contributed by atoms with Crippen LogP contribution in [0.3, 0.4) is 0 Å². The average molecular weight is 669 g/mol. The number of piperidine rings is 1. The number of piperazine rings is 1. The van der Waals surface area contributed by atoms with E-state index in [4.69, 9.17) is 11.6 Å². The first kappa shape index (κ1) is 31.9. The molecule has 5 aliphatic rings. The van der Waals surface area contributed by atoms with Crippen molar-refractivity contribution in [1.29, 1.82) is 0 Å². The maximum Gasteiger partial charge on any atom is 0.433 e. The largest absolute Gasteiger partial charge is 0.478 e. The molecule has 2 aromatic carbocycles. The molecule has 3 aromatic rings. The van der Waals surface area contributed by atoms with Crippen LogP contribution >= 0.6 is 24.0 Å². The zero-order valence-electron chi connectivity index (χ0n) is 24.6. The molecule has 3 aliphatic carbocycles. The SMILES string of the molecule is Cl.O=C(O)c1cnn(C2CCCN(c3cc(Cl)ccc3-c3ccc(N4CCN(CC56CC(F)(C5)C6)CC4)cc3)C2)c1C(F)(F)F. The molecular weight excluding hydrogens is 633 g/mol. The standard InChI is InChI=1S/C32H34ClF4N5O2.ClH/c33-22-5-8-25(21-3-6-23(7-4-21)40-12-10-39(11-13-40)20-30-17-31(34,18-30)19-30)27(14-22)41-9-1-2-24(16-41)42-28(32(35,36)37)26(15-38-42)29(43)44;/h3-8,14-15,24H,1-2,9-13,16-20H2,(H,43,44);1H. The average Bonchev–Trinajstić information content (AvgIpc) is 3.43. The lowest BCUT2D eigenvalue weighted by Gasteiger charge is -2.67. The summed E-state index contributed by atoms with van der Waals surface area (Å²) in [5.74, 6) is -1.65. The van der Waals surface area contributed by atoms with E-state index in [9.17, 15) is 27.5 Å². The Morgan fingerprint density at radius 1 is 1.00 bits per heavy atom. The Kier molecular flexibility index (Phi) is 8.27. The van der Waals surface area contributed by atoms with Gasteiger partial charge in [0.15, 0.2) is 5.69 Å². The molecule has 8 rings (SSSR count). The van der Waals surface area contributed by atoms with Crippen molar-refractivity contribution in [2.24, 2.45) is 5.41 Å². The van der Waals surface area contributed by atoms with Crippen LogP contribution in [0.4, 0.5) is 28.9 Å². The minimum atomic E-state index is -4.85. The van der Waals surface area contributed by atoms with Gasteiger partial charge in [-0.1, -0.05) is 29.8 Å². The van der Waals surface area contributed by atoms with Gasteiger partial charge in [-0.05, 0) is 67.3 Å². The second-order valence-electron chi connectivity index (χ2n) is 13.0. The highest BCUT2D eigenvalue weighted by Gasteiger charge is 2.69. The van der Waals surface area contributed by atoms with Gasteiger partial charge in [0.25, 0.3) is 0 Å². The summed E-state index contributed by atoms with van der Waals surface area (Å²) in [7, 11) is 0. The van der Waals surface area contributed by atoms with E-state index < -0.39 is 35.1 Å². The summed E-state index contributed by atoms with van der Waals surface area (Å²) in [4.78, 5) is 18.4. The van der Waals surface area contributed by atoms with Crippen molar-refractivity contribution in [3.63, 3.8) is 0 Å². The molecule has 1 unspecified atom stereocenters. The van der Waals surface area contributed by atoms with Crippen LogP contribution in [-0.4, -0.2) is 77.2 Å². The van der Waals surface area contributed by atoms with Crippen LogP contribution in [0.1, 0.15) is 54.2 Å². The summed E-state index contributed by atoms with van der Waals surface area (Å²) in [6.45, 7) is 5.59. The van der Waals surface area contributed by atoms with Gasteiger partial charge < -0.3 is 14.9 Å². The fourth-order valence-electron chi connectivity index (χ4n) is 7.98. The molecule has 3 heterocycles. The van der Waals surface area contributed by atoms with E-state index in [1.165, 1.54) is 0 Å². The highest BCUT2D eigenvalue weighted by molar-refractivity contribution is 6.31. The lowest BCUT2D eigenvalue weighted by molar-refractivity contribution is -0.221. The summed E-state index contributed by atoms with van der Waals surface area (Å²) in [6.07, 6.45) is -0.820. The van der Waals surface area contributed by atoms with E-state index in [1.54, 1.807) is 6.07 Å². The normalized spacial score (nSPS) is 26.6. The van der Waals surface area contributed by atoms with Gasteiger partial charge >= 0.3 is 12.1 Å². The third kappa shape index (κ3) is 5.99. The molecule has 1 N–H and O–H groups in total. The molecule has 2 aliphatic heterocycles. The molecule has 13 heteroatoms. The smallest absolute Gasteiger partial charge is 0.433 e. The Balaban J connectivity index is 0.00000357. The van der Waals surface area contributed by atoms with Gasteiger partial charge in [0.2, 0.25) is 0 Å². The third-order valence-electron chi connectivity index (χ3n) is 9.89. The molecule has 2 bridgehead atoms. The molecule has 5 fully saturated rings. The summed E-state index contributed by atoms with van der Waals surface area (Å²) in [5, 5.41) is 13.7. The lowest BCUT2D eigenvalue weighted by Crippen LogP contribution is -2.68. The fraction of sp³-hybridized carbons (Fsp3) is 0.500. The van der Waals surface area contributed by atoms with E-state index in [0.717, 1.165) is 85.4 Å². The van der Waals surface area contributed by atoms with Gasteiger partial charge in [0.1, 0.15) is 11.2 Å². The number of hydrogen-bond acceptors (Lipinski definition) is 5. The minimum absolute atomic E-state index is 0. The number of carboxylic acid groups (broad SMARTS) is 1. The number of carbonyl (C=O) groups is 1. The van der Waals surface area contributed by atoms with Crippen LogP contribution in [0.15, 0.2) is 48.7 Å². The number of benzene rings is 2. The van der Waals surface area contributed by atoms with E-state index in [-0.39, 0.29) is 24.4 Å². The van der Waals surface area contributed by atoms with Crippen molar-refractivity contribution in [2.45, 2.75) is 50.0 Å². The quantitative estimate of drug-likeness (QED) is 0.269. The van der Waals surface area contributed by atoms with Crippen LogP contribution in [-0.2, 0) is 6.18 Å². The maximum atomic E-state index is 13.9. The summed E-state index contributed by atoms with van der Waals surface area (Å²) >= 11 is 6.41. The molecule has 1 atom stereocenters. The summed E-state index contributed by atoms with van der Waals surface area (Å²) in [6, 6.07) is 13.2. The summed E-state index contributed by atoms with van der Waals surface area (Å²) in [5.41, 5.74) is 1.12. The maximum absolute atomic E-state index is 13.9. The Hall–Kier alpha value is -3.02. The zero-order chi connectivity index (χ0) is 30.9. The number of nitrogens with zero attached hydrogens (tertiary/aromatic N) is 5. The lowest BCUT2D eigenvalue weighted by atomic mass is 9.42. The second kappa shape index (κ2) is 11.7. The first-order chi connectivity index (χ1) is 20.9. The molecule has 7 nitrogen and oxygen atoms in total. The Bertz CT molecular complexity index is 1550. The van der Waals surface area contributed by atoms with Crippen molar-refractivity contribution in [3.05, 3.63) is 64.9 Å². The zero-order valence-corrected chi connectivity index (χ0v) is 26.1. The molecule has 3 saturated carbocycles. The Morgan fingerprint density at radius 2 is 1.69 bits per heavy atom. The van der Waals surface area contributed by atoms with Crippen molar-refractivity contribution < 1.29 is 27.5 Å². The van der Waals surface area contributed by atoms with Gasteiger partial charge in [0.05, 0.1) is 12.2 Å². The minimum Gasteiger partial charge on any atom is -0.478 e. The van der Waals surface area contributed by atoms with E-state index in [2.05, 4.69) is 39.2 Å². The van der Waals surface area contributed by atoms with E-state index in [0.29, 0.717) is 24.4 Å². The number of rotatable bonds is 7. The van der Waals surface area contributed by atoms with Crippen molar-refractivity contribution in [3.8, 4) is 11.1 Å². The topological polar surface area (TPSA) is 64.8 Å². The van der Waals surface area contributed by atoms with Crippen molar-refractivity contribution in [2.75, 3.05) is 55.6 Å². The molecule has 2 saturated heterocycles. The number of aromatic carboxylic acids is 1. The number of alkyl halides is 4. The van der Waals surface area contributed by atoms with Crippen LogP contribution in [0.25, 0.3) is 11.1 Å². The van der Waals surface area contributed by atoms with Crippen molar-refractivity contribution in [1.82, 2.24) is 14.7 Å². The van der Waals surface area contributed by atoms with Gasteiger partial charge in [-0.3, -0.25) is 9.58 Å². The monoisotopic (exact) mass is 667 g/mol. The number of carboxylic acids is 1. The van der Waals surface area contributed by atoms with Crippen molar-refractivity contribution >= 4 is 41.4 Å². The first-order valence-electron chi connectivity index (χ1n) is 15.1. The van der Waals surface area contributed by atoms with Crippen LogP contribution < -0.4 is 9.80 Å². The Labute approximate surface area is 270 Å². The number of halogens is 6. The van der Waals surface area contributed by atoms with Gasteiger partial charge in [-0.2, -0.15) is 18.3 Å². The molecule has 242 valence electrons. The first-order valence-corrected chi connectivity index (χ1v) is 15.5. The number of aromatic nitrogens is 2. The molecule has 45 heavy (non-hydrogen) atoms. The predicted octanol–water partition coefficient (Wildman–Crippen LogP) is 7.20. The molecule has 1 aromatic heterocycles. The molecule has 0 spiro atoms. The van der Waals surface area contributed by atoms with Crippen LogP contribution in [0.2, 0.25) is 5.02 Å². The number of hydrogen-bond donors (Lipinski definition) is 1. The van der Waals surface area contributed by atoms with Crippen LogP contribution in [0, 0.1) is 5.41 Å². The fourth-order valence-corrected chi connectivity index (χ4v) is 8.15. The second-order valence-corrected chi connectivity index (χ2v) is 13.5. The number of anilines is 2.